The van der Waals surface area contributed by atoms with Gasteiger partial charge in [-0.1, -0.05) is 37.5 Å². The standard InChI is InChI=1S/C17H22N2O3/c20-16(21)15-8-6-14(7-9-15)12-19-17(22)18-11-10-13-4-2-1-3-5-13/h6-11,13H,1-5,12H2,(H,20,21)(H2,18,19,22)/b11-10+. The number of amides is 2. The molecule has 0 radical (unpaired) electrons. The Balaban J connectivity index is 1.70. The number of carboxylic acids is 1. The molecular formula is C17H22N2O3. The largest absolute Gasteiger partial charge is 0.478 e. The van der Waals surface area contributed by atoms with Crippen LogP contribution in [-0.2, 0) is 6.54 Å². The number of aromatic carboxylic acids is 1. The van der Waals surface area contributed by atoms with E-state index in [9.17, 15) is 9.59 Å². The fraction of sp³-hybridized carbons (Fsp3) is 0.412. The normalized spacial score (nSPS) is 15.6. The van der Waals surface area contributed by atoms with E-state index in [0.29, 0.717) is 12.5 Å². The Morgan fingerprint density at radius 2 is 1.82 bits per heavy atom. The van der Waals surface area contributed by atoms with E-state index < -0.39 is 5.97 Å². The molecule has 0 unspecified atom stereocenters. The summed E-state index contributed by atoms with van der Waals surface area (Å²) in [6.07, 6.45) is 10.1. The fourth-order valence-corrected chi connectivity index (χ4v) is 2.59. The molecule has 22 heavy (non-hydrogen) atoms. The number of allylic oxidation sites excluding steroid dienone is 1. The van der Waals surface area contributed by atoms with Crippen molar-refractivity contribution >= 4 is 12.0 Å². The molecule has 1 aliphatic carbocycles. The van der Waals surface area contributed by atoms with E-state index in [1.807, 2.05) is 0 Å². The Kier molecular flexibility index (Phi) is 6.01. The van der Waals surface area contributed by atoms with E-state index in [-0.39, 0.29) is 11.6 Å². The number of hydrogen-bond acceptors (Lipinski definition) is 2. The van der Waals surface area contributed by atoms with Crippen LogP contribution in [0.3, 0.4) is 0 Å². The number of carbonyl (C=O) groups is 2. The zero-order valence-corrected chi connectivity index (χ0v) is 12.5. The van der Waals surface area contributed by atoms with Crippen LogP contribution in [0, 0.1) is 5.92 Å². The van der Waals surface area contributed by atoms with Crippen LogP contribution in [0.5, 0.6) is 0 Å². The lowest BCUT2D eigenvalue weighted by molar-refractivity contribution is 0.0697. The molecule has 2 amide bonds. The van der Waals surface area contributed by atoms with E-state index in [2.05, 4.69) is 16.7 Å². The molecule has 3 N–H and O–H groups in total. The van der Waals surface area contributed by atoms with Crippen LogP contribution in [0.1, 0.15) is 48.0 Å². The number of benzene rings is 1. The van der Waals surface area contributed by atoms with Crippen LogP contribution >= 0.6 is 0 Å². The van der Waals surface area contributed by atoms with E-state index in [0.717, 1.165) is 5.56 Å². The van der Waals surface area contributed by atoms with Crippen LogP contribution in [-0.4, -0.2) is 17.1 Å². The smallest absolute Gasteiger partial charge is 0.335 e. The van der Waals surface area contributed by atoms with Gasteiger partial charge in [0.25, 0.3) is 0 Å². The zero-order chi connectivity index (χ0) is 15.8. The van der Waals surface area contributed by atoms with E-state index >= 15 is 0 Å². The Morgan fingerprint density at radius 3 is 2.45 bits per heavy atom. The molecule has 0 spiro atoms. The quantitative estimate of drug-likeness (QED) is 0.781. The van der Waals surface area contributed by atoms with Crippen LogP contribution in [0.15, 0.2) is 36.5 Å². The lowest BCUT2D eigenvalue weighted by Crippen LogP contribution is -2.31. The Hall–Kier alpha value is -2.30. The molecule has 1 aliphatic rings. The van der Waals surface area contributed by atoms with Crippen LogP contribution in [0.4, 0.5) is 4.79 Å². The second-order valence-corrected chi connectivity index (χ2v) is 5.59. The summed E-state index contributed by atoms with van der Waals surface area (Å²) in [5.41, 5.74) is 1.10. The third-order valence-electron chi connectivity index (χ3n) is 3.89. The summed E-state index contributed by atoms with van der Waals surface area (Å²) >= 11 is 0. The highest BCUT2D eigenvalue weighted by Crippen LogP contribution is 2.24. The highest BCUT2D eigenvalue weighted by Gasteiger charge is 2.09. The van der Waals surface area contributed by atoms with Gasteiger partial charge in [0, 0.05) is 12.7 Å². The number of carbonyl (C=O) groups excluding carboxylic acids is 1. The van der Waals surface area contributed by atoms with Crippen molar-refractivity contribution in [3.8, 4) is 0 Å². The van der Waals surface area contributed by atoms with Crippen molar-refractivity contribution in [2.75, 3.05) is 0 Å². The van der Waals surface area contributed by atoms with Gasteiger partial charge in [0.1, 0.15) is 0 Å². The number of nitrogens with one attached hydrogen (secondary N) is 2. The summed E-state index contributed by atoms with van der Waals surface area (Å²) < 4.78 is 0. The maximum Gasteiger partial charge on any atom is 0.335 e. The molecule has 1 aromatic carbocycles. The molecule has 1 aromatic rings. The predicted octanol–water partition coefficient (Wildman–Crippen LogP) is 3.28. The number of carboxylic acid groups (broad SMARTS) is 1. The monoisotopic (exact) mass is 302 g/mol. The van der Waals surface area contributed by atoms with Crippen molar-refractivity contribution in [2.24, 2.45) is 5.92 Å². The molecule has 1 fully saturated rings. The minimum absolute atomic E-state index is 0.239. The summed E-state index contributed by atoms with van der Waals surface area (Å²) in [4.78, 5) is 22.4. The van der Waals surface area contributed by atoms with Gasteiger partial charge >= 0.3 is 12.0 Å². The third-order valence-corrected chi connectivity index (χ3v) is 3.89. The van der Waals surface area contributed by atoms with Gasteiger partial charge in [-0.25, -0.2) is 9.59 Å². The first-order valence-electron chi connectivity index (χ1n) is 7.68. The second-order valence-electron chi connectivity index (χ2n) is 5.59. The molecule has 2 rings (SSSR count). The summed E-state index contributed by atoms with van der Waals surface area (Å²) in [6.45, 7) is 0.364. The van der Waals surface area contributed by atoms with E-state index in [4.69, 9.17) is 5.11 Å². The highest BCUT2D eigenvalue weighted by molar-refractivity contribution is 5.87. The van der Waals surface area contributed by atoms with Gasteiger partial charge in [0.05, 0.1) is 5.56 Å². The fourth-order valence-electron chi connectivity index (χ4n) is 2.59. The zero-order valence-electron chi connectivity index (χ0n) is 12.5. The average molecular weight is 302 g/mol. The van der Waals surface area contributed by atoms with Crippen molar-refractivity contribution in [3.05, 3.63) is 47.7 Å². The molecule has 5 heteroatoms. The molecule has 1 saturated carbocycles. The maximum absolute atomic E-state index is 11.7. The molecule has 0 bridgehead atoms. The molecule has 118 valence electrons. The first-order chi connectivity index (χ1) is 10.6. The maximum atomic E-state index is 11.7. The minimum atomic E-state index is -0.954. The molecule has 0 saturated heterocycles. The summed E-state index contributed by atoms with van der Waals surface area (Å²) in [5.74, 6) is -0.372. The molecule has 0 atom stereocenters. The van der Waals surface area contributed by atoms with Crippen LogP contribution in [0.25, 0.3) is 0 Å². The SMILES string of the molecule is O=C(N/C=C/C1CCCCC1)NCc1ccc(C(=O)O)cc1. The first-order valence-corrected chi connectivity index (χ1v) is 7.68. The van der Waals surface area contributed by atoms with Crippen LogP contribution < -0.4 is 10.6 Å². The Bertz CT molecular complexity index is 531. The van der Waals surface area contributed by atoms with Gasteiger partial charge in [0.15, 0.2) is 0 Å². The molecule has 0 heterocycles. The average Bonchev–Trinajstić information content (AvgIpc) is 2.54. The molecular weight excluding hydrogens is 280 g/mol. The number of hydrogen-bond donors (Lipinski definition) is 3. The molecule has 0 aliphatic heterocycles. The van der Waals surface area contributed by atoms with Crippen molar-refractivity contribution in [2.45, 2.75) is 38.6 Å². The van der Waals surface area contributed by atoms with Gasteiger partial charge in [-0.3, -0.25) is 0 Å². The van der Waals surface area contributed by atoms with Gasteiger partial charge in [-0.05, 0) is 36.5 Å². The Morgan fingerprint density at radius 1 is 1.14 bits per heavy atom. The molecule has 5 nitrogen and oxygen atoms in total. The van der Waals surface area contributed by atoms with Crippen molar-refractivity contribution in [3.63, 3.8) is 0 Å². The molecule has 0 aromatic heterocycles. The van der Waals surface area contributed by atoms with Gasteiger partial charge in [0.2, 0.25) is 0 Å². The second kappa shape index (κ2) is 8.22. The summed E-state index contributed by atoms with van der Waals surface area (Å²) in [7, 11) is 0. The lowest BCUT2D eigenvalue weighted by atomic mass is 9.89. The minimum Gasteiger partial charge on any atom is -0.478 e. The third kappa shape index (κ3) is 5.24. The van der Waals surface area contributed by atoms with Crippen molar-refractivity contribution in [1.82, 2.24) is 10.6 Å². The topological polar surface area (TPSA) is 78.4 Å². The number of urea groups is 1. The van der Waals surface area contributed by atoms with Gasteiger partial charge < -0.3 is 15.7 Å². The number of rotatable bonds is 5. The van der Waals surface area contributed by atoms with Gasteiger partial charge in [-0.2, -0.15) is 0 Å². The first kappa shape index (κ1) is 16.1. The van der Waals surface area contributed by atoms with Crippen molar-refractivity contribution < 1.29 is 14.7 Å². The van der Waals surface area contributed by atoms with E-state index in [1.165, 1.54) is 44.2 Å². The lowest BCUT2D eigenvalue weighted by Gasteiger charge is -2.17. The van der Waals surface area contributed by atoms with Crippen LogP contribution in [0.2, 0.25) is 0 Å². The predicted molar refractivity (Wildman–Crippen MR) is 84.5 cm³/mol. The highest BCUT2D eigenvalue weighted by atomic mass is 16.4. The van der Waals surface area contributed by atoms with E-state index in [1.54, 1.807) is 18.3 Å². The summed E-state index contributed by atoms with van der Waals surface area (Å²) in [5, 5.41) is 14.3. The van der Waals surface area contributed by atoms with Gasteiger partial charge in [-0.15, -0.1) is 0 Å². The van der Waals surface area contributed by atoms with Crippen molar-refractivity contribution in [1.29, 1.82) is 0 Å². The Labute approximate surface area is 130 Å². The summed E-state index contributed by atoms with van der Waals surface area (Å²) in [6, 6.07) is 6.19.